The number of carbonyl (C=O) groups is 1. The van der Waals surface area contributed by atoms with Crippen molar-refractivity contribution in [3.63, 3.8) is 0 Å². The summed E-state index contributed by atoms with van der Waals surface area (Å²) < 4.78 is 30.2. The summed E-state index contributed by atoms with van der Waals surface area (Å²) >= 11 is 0. The van der Waals surface area contributed by atoms with Crippen LogP contribution >= 0.6 is 0 Å². The predicted molar refractivity (Wildman–Crippen MR) is 110 cm³/mol. The summed E-state index contributed by atoms with van der Waals surface area (Å²) in [4.78, 5) is 12.4. The summed E-state index contributed by atoms with van der Waals surface area (Å²) in [5.74, 6) is -0.171. The summed E-state index contributed by atoms with van der Waals surface area (Å²) in [7, 11) is -3.42. The van der Waals surface area contributed by atoms with E-state index >= 15 is 0 Å². The van der Waals surface area contributed by atoms with Gasteiger partial charge in [0.05, 0.1) is 10.6 Å². The Morgan fingerprint density at radius 2 is 1.62 bits per heavy atom. The number of anilines is 1. The average molecular weight is 413 g/mol. The fourth-order valence-corrected chi connectivity index (χ4v) is 4.27. The van der Waals surface area contributed by atoms with Crippen LogP contribution in [-0.4, -0.2) is 30.3 Å². The molecule has 29 heavy (non-hydrogen) atoms. The number of hydrogen-bond donors (Lipinski definition) is 1. The summed E-state index contributed by atoms with van der Waals surface area (Å²) in [5.41, 5.74) is 3.90. The standard InChI is InChI=1S/C21H23N3O4S/c1-14-6-8-18(9-7-14)29(26,27)10-4-5-19(25)22-21-24-23-20(28-21)17-12-15(2)11-16(3)13-17/h6-9,11-13H,4-5,10H2,1-3H3,(H,22,24,25). The van der Waals surface area contributed by atoms with Crippen LogP contribution in [0, 0.1) is 20.8 Å². The Kier molecular flexibility index (Phi) is 6.12. The predicted octanol–water partition coefficient (Wildman–Crippen LogP) is 3.85. The molecule has 0 atom stereocenters. The van der Waals surface area contributed by atoms with Crippen LogP contribution in [-0.2, 0) is 14.6 Å². The summed E-state index contributed by atoms with van der Waals surface area (Å²) in [6.07, 6.45) is 0.229. The molecule has 152 valence electrons. The van der Waals surface area contributed by atoms with Gasteiger partial charge in [0.25, 0.3) is 0 Å². The molecule has 0 radical (unpaired) electrons. The molecular weight excluding hydrogens is 390 g/mol. The van der Waals surface area contributed by atoms with Crippen molar-refractivity contribution in [3.05, 3.63) is 59.2 Å². The van der Waals surface area contributed by atoms with E-state index in [1.165, 1.54) is 0 Å². The minimum atomic E-state index is -3.42. The molecule has 0 saturated carbocycles. The lowest BCUT2D eigenvalue weighted by Gasteiger charge is -2.05. The highest BCUT2D eigenvalue weighted by Gasteiger charge is 2.16. The minimum Gasteiger partial charge on any atom is -0.403 e. The Hall–Kier alpha value is -3.00. The third-order valence-corrected chi connectivity index (χ3v) is 6.15. The molecule has 0 fully saturated rings. The number of sulfone groups is 1. The Balaban J connectivity index is 1.55. The molecule has 0 aliphatic heterocycles. The third-order valence-electron chi connectivity index (χ3n) is 4.34. The van der Waals surface area contributed by atoms with Crippen LogP contribution in [0.1, 0.15) is 29.5 Å². The number of nitrogens with one attached hydrogen (secondary N) is 1. The monoisotopic (exact) mass is 413 g/mol. The first-order chi connectivity index (χ1) is 13.7. The van der Waals surface area contributed by atoms with E-state index in [0.717, 1.165) is 22.3 Å². The lowest BCUT2D eigenvalue weighted by Crippen LogP contribution is -2.14. The van der Waals surface area contributed by atoms with E-state index in [1.54, 1.807) is 24.3 Å². The normalized spacial score (nSPS) is 11.4. The van der Waals surface area contributed by atoms with E-state index < -0.39 is 9.84 Å². The van der Waals surface area contributed by atoms with Crippen molar-refractivity contribution in [3.8, 4) is 11.5 Å². The summed E-state index contributed by atoms with van der Waals surface area (Å²) in [6, 6.07) is 12.5. The highest BCUT2D eigenvalue weighted by atomic mass is 32.2. The average Bonchev–Trinajstić information content (AvgIpc) is 3.09. The second kappa shape index (κ2) is 8.57. The van der Waals surface area contributed by atoms with Gasteiger partial charge in [-0.1, -0.05) is 40.0 Å². The minimum absolute atomic E-state index is 0.00875. The Morgan fingerprint density at radius 3 is 2.28 bits per heavy atom. The summed E-state index contributed by atoms with van der Waals surface area (Å²) in [6.45, 7) is 5.84. The molecule has 1 aromatic heterocycles. The number of benzene rings is 2. The number of amides is 1. The smallest absolute Gasteiger partial charge is 0.322 e. The molecule has 7 nitrogen and oxygen atoms in total. The number of hydrogen-bond acceptors (Lipinski definition) is 6. The molecule has 0 spiro atoms. The molecule has 0 aliphatic rings. The lowest BCUT2D eigenvalue weighted by molar-refractivity contribution is -0.116. The van der Waals surface area contributed by atoms with Crippen molar-refractivity contribution >= 4 is 21.8 Å². The quantitative estimate of drug-likeness (QED) is 0.631. The van der Waals surface area contributed by atoms with E-state index in [9.17, 15) is 13.2 Å². The first-order valence-corrected chi connectivity index (χ1v) is 10.9. The van der Waals surface area contributed by atoms with Gasteiger partial charge in [0, 0.05) is 12.0 Å². The fourth-order valence-electron chi connectivity index (χ4n) is 2.96. The van der Waals surface area contributed by atoms with Gasteiger partial charge in [0.15, 0.2) is 9.84 Å². The zero-order valence-electron chi connectivity index (χ0n) is 16.6. The van der Waals surface area contributed by atoms with Crippen molar-refractivity contribution in [2.45, 2.75) is 38.5 Å². The second-order valence-electron chi connectivity index (χ2n) is 7.07. The topological polar surface area (TPSA) is 102 Å². The number of aryl methyl sites for hydroxylation is 3. The van der Waals surface area contributed by atoms with Crippen molar-refractivity contribution < 1.29 is 17.6 Å². The maximum absolute atomic E-state index is 12.3. The Bertz CT molecular complexity index is 1100. The molecule has 1 N–H and O–H groups in total. The molecule has 0 unspecified atom stereocenters. The van der Waals surface area contributed by atoms with E-state index in [1.807, 2.05) is 39.0 Å². The zero-order chi connectivity index (χ0) is 21.0. The maximum atomic E-state index is 12.3. The van der Waals surface area contributed by atoms with Gasteiger partial charge in [-0.25, -0.2) is 8.42 Å². The number of rotatable bonds is 7. The first kappa shape index (κ1) is 20.7. The van der Waals surface area contributed by atoms with Gasteiger partial charge in [0.1, 0.15) is 0 Å². The highest BCUT2D eigenvalue weighted by Crippen LogP contribution is 2.22. The Morgan fingerprint density at radius 1 is 0.966 bits per heavy atom. The summed E-state index contributed by atoms with van der Waals surface area (Å²) in [5, 5.41) is 10.3. The van der Waals surface area contributed by atoms with Gasteiger partial charge in [-0.2, -0.15) is 0 Å². The van der Waals surface area contributed by atoms with Crippen molar-refractivity contribution in [1.29, 1.82) is 0 Å². The van der Waals surface area contributed by atoms with Crippen molar-refractivity contribution in [2.24, 2.45) is 0 Å². The van der Waals surface area contributed by atoms with E-state index in [0.29, 0.717) is 5.89 Å². The van der Waals surface area contributed by atoms with Gasteiger partial charge < -0.3 is 4.42 Å². The van der Waals surface area contributed by atoms with Crippen LogP contribution in [0.15, 0.2) is 51.8 Å². The van der Waals surface area contributed by atoms with E-state index in [2.05, 4.69) is 15.5 Å². The lowest BCUT2D eigenvalue weighted by atomic mass is 10.1. The molecular formula is C21H23N3O4S. The first-order valence-electron chi connectivity index (χ1n) is 9.24. The molecule has 1 amide bonds. The highest BCUT2D eigenvalue weighted by molar-refractivity contribution is 7.91. The Labute approximate surface area is 170 Å². The molecule has 3 aromatic rings. The number of aromatic nitrogens is 2. The van der Waals surface area contributed by atoms with Crippen molar-refractivity contribution in [2.75, 3.05) is 11.1 Å². The fraction of sp³-hybridized carbons (Fsp3) is 0.286. The van der Waals surface area contributed by atoms with Crippen molar-refractivity contribution in [1.82, 2.24) is 10.2 Å². The van der Waals surface area contributed by atoms with Crippen LogP contribution in [0.4, 0.5) is 6.01 Å². The molecule has 0 bridgehead atoms. The van der Waals surface area contributed by atoms with Gasteiger partial charge in [-0.05, 0) is 51.5 Å². The van der Waals surface area contributed by atoms with E-state index in [-0.39, 0.29) is 35.4 Å². The SMILES string of the molecule is Cc1ccc(S(=O)(=O)CCCC(=O)Nc2nnc(-c3cc(C)cc(C)c3)o2)cc1. The van der Waals surface area contributed by atoms with Gasteiger partial charge in [0.2, 0.25) is 11.8 Å². The second-order valence-corrected chi connectivity index (χ2v) is 9.18. The number of nitrogens with zero attached hydrogens (tertiary/aromatic N) is 2. The van der Waals surface area contributed by atoms with Gasteiger partial charge in [-0.3, -0.25) is 10.1 Å². The van der Waals surface area contributed by atoms with E-state index in [4.69, 9.17) is 4.42 Å². The van der Waals surface area contributed by atoms with Crippen LogP contribution in [0.25, 0.3) is 11.5 Å². The zero-order valence-corrected chi connectivity index (χ0v) is 17.4. The van der Waals surface area contributed by atoms with Gasteiger partial charge in [-0.15, -0.1) is 5.10 Å². The van der Waals surface area contributed by atoms with Gasteiger partial charge >= 0.3 is 6.01 Å². The molecule has 0 aliphatic carbocycles. The van der Waals surface area contributed by atoms with Crippen LogP contribution in [0.5, 0.6) is 0 Å². The third kappa shape index (κ3) is 5.51. The molecule has 0 saturated heterocycles. The van der Waals surface area contributed by atoms with Crippen LogP contribution in [0.3, 0.4) is 0 Å². The molecule has 2 aromatic carbocycles. The molecule has 1 heterocycles. The largest absolute Gasteiger partial charge is 0.403 e. The van der Waals surface area contributed by atoms with Crippen LogP contribution in [0.2, 0.25) is 0 Å². The number of carbonyl (C=O) groups excluding carboxylic acids is 1. The molecule has 8 heteroatoms. The van der Waals surface area contributed by atoms with Crippen LogP contribution < -0.4 is 5.32 Å². The molecule has 3 rings (SSSR count). The maximum Gasteiger partial charge on any atom is 0.322 e.